The summed E-state index contributed by atoms with van der Waals surface area (Å²) in [6, 6.07) is 19.2. The summed E-state index contributed by atoms with van der Waals surface area (Å²) in [5.74, 6) is -0.0533. The molecule has 0 saturated carbocycles. The zero-order valence-electron chi connectivity index (χ0n) is 12.6. The molecule has 1 heterocycles. The molecule has 0 aliphatic heterocycles. The van der Waals surface area contributed by atoms with Gasteiger partial charge in [0.25, 0.3) is 0 Å². The molecule has 0 atom stereocenters. The Morgan fingerprint density at radius 2 is 1.09 bits per heavy atom. The molecule has 2 aromatic carbocycles. The van der Waals surface area contributed by atoms with Crippen LogP contribution < -0.4 is 0 Å². The van der Waals surface area contributed by atoms with Crippen molar-refractivity contribution in [1.29, 1.82) is 0 Å². The van der Waals surface area contributed by atoms with Gasteiger partial charge in [-0.25, -0.2) is 9.97 Å². The van der Waals surface area contributed by atoms with Crippen LogP contribution in [0.3, 0.4) is 0 Å². The maximum atomic E-state index is 12.5. The largest absolute Gasteiger partial charge is 0.287 e. The minimum atomic E-state index is -0.224. The Bertz CT molecular complexity index is 789. The number of carbonyl (C=O) groups is 2. The lowest BCUT2D eigenvalue weighted by molar-refractivity contribution is 0.103. The van der Waals surface area contributed by atoms with E-state index in [1.165, 1.54) is 6.07 Å². The molecule has 0 N–H and O–H groups in total. The number of benzene rings is 2. The molecule has 0 bridgehead atoms. The third-order valence-electron chi connectivity index (χ3n) is 3.38. The molecular formula is C19H14N2O2. The first kappa shape index (κ1) is 14.8. The summed E-state index contributed by atoms with van der Waals surface area (Å²) in [6.07, 6.45) is 0. The van der Waals surface area contributed by atoms with Crippen LogP contribution in [0.4, 0.5) is 0 Å². The van der Waals surface area contributed by atoms with Gasteiger partial charge in [-0.3, -0.25) is 9.59 Å². The fourth-order valence-corrected chi connectivity index (χ4v) is 2.28. The zero-order chi connectivity index (χ0) is 16.2. The number of hydrogen-bond acceptors (Lipinski definition) is 4. The highest BCUT2D eigenvalue weighted by atomic mass is 16.1. The number of rotatable bonds is 4. The second kappa shape index (κ2) is 6.32. The van der Waals surface area contributed by atoms with E-state index in [0.717, 1.165) is 0 Å². The van der Waals surface area contributed by atoms with Gasteiger partial charge in [0.1, 0.15) is 17.2 Å². The molecule has 0 fully saturated rings. The highest BCUT2D eigenvalue weighted by Gasteiger charge is 2.17. The summed E-state index contributed by atoms with van der Waals surface area (Å²) in [5, 5.41) is 0. The van der Waals surface area contributed by atoms with Crippen LogP contribution in [0.15, 0.2) is 66.7 Å². The average Bonchev–Trinajstić information content (AvgIpc) is 2.61. The van der Waals surface area contributed by atoms with Crippen molar-refractivity contribution in [3.8, 4) is 0 Å². The van der Waals surface area contributed by atoms with Crippen LogP contribution in [-0.4, -0.2) is 21.5 Å². The lowest BCUT2D eigenvalue weighted by Crippen LogP contribution is -2.12. The number of hydrogen-bond donors (Lipinski definition) is 0. The molecule has 0 radical (unpaired) electrons. The molecule has 0 unspecified atom stereocenters. The van der Waals surface area contributed by atoms with Gasteiger partial charge in [-0.2, -0.15) is 0 Å². The van der Waals surface area contributed by atoms with Gasteiger partial charge in [-0.05, 0) is 13.0 Å². The van der Waals surface area contributed by atoms with E-state index in [1.54, 1.807) is 55.5 Å². The molecule has 3 aromatic rings. The fraction of sp³-hybridized carbons (Fsp3) is 0.0526. The van der Waals surface area contributed by atoms with E-state index in [4.69, 9.17) is 0 Å². The van der Waals surface area contributed by atoms with Crippen LogP contribution in [0.25, 0.3) is 0 Å². The van der Waals surface area contributed by atoms with Gasteiger partial charge in [0, 0.05) is 11.1 Å². The summed E-state index contributed by atoms with van der Waals surface area (Å²) < 4.78 is 0. The summed E-state index contributed by atoms with van der Waals surface area (Å²) in [7, 11) is 0. The second-order valence-corrected chi connectivity index (χ2v) is 5.08. The Balaban J connectivity index is 2.00. The Morgan fingerprint density at radius 1 is 0.696 bits per heavy atom. The number of ketones is 2. The fourth-order valence-electron chi connectivity index (χ4n) is 2.28. The highest BCUT2D eigenvalue weighted by Crippen LogP contribution is 2.12. The van der Waals surface area contributed by atoms with Gasteiger partial charge in [-0.1, -0.05) is 60.7 Å². The topological polar surface area (TPSA) is 59.9 Å². The molecule has 0 aliphatic carbocycles. The molecule has 4 heteroatoms. The molecular weight excluding hydrogens is 288 g/mol. The summed E-state index contributed by atoms with van der Waals surface area (Å²) in [6.45, 7) is 1.67. The van der Waals surface area contributed by atoms with Crippen LogP contribution >= 0.6 is 0 Å². The predicted octanol–water partition coefficient (Wildman–Crippen LogP) is 3.25. The van der Waals surface area contributed by atoms with Crippen LogP contribution in [0.1, 0.15) is 37.9 Å². The molecule has 1 aromatic heterocycles. The van der Waals surface area contributed by atoms with Crippen molar-refractivity contribution in [2.75, 3.05) is 0 Å². The number of nitrogens with zero attached hydrogens (tertiary/aromatic N) is 2. The normalized spacial score (nSPS) is 10.3. The van der Waals surface area contributed by atoms with E-state index in [-0.39, 0.29) is 23.0 Å². The third-order valence-corrected chi connectivity index (χ3v) is 3.38. The molecule has 0 saturated heterocycles. The molecule has 112 valence electrons. The van der Waals surface area contributed by atoms with Crippen LogP contribution in [0.5, 0.6) is 0 Å². The standard InChI is InChI=1S/C19H14N2O2/c1-13-20-16(18(22)14-8-4-2-5-9-14)12-17(21-13)19(23)15-10-6-3-7-11-15/h2-12H,1H3. The van der Waals surface area contributed by atoms with Gasteiger partial charge in [0.15, 0.2) is 0 Å². The molecule has 3 rings (SSSR count). The van der Waals surface area contributed by atoms with E-state index >= 15 is 0 Å². The Kier molecular flexibility index (Phi) is 4.06. The maximum absolute atomic E-state index is 12.5. The molecule has 0 aliphatic rings. The minimum absolute atomic E-state index is 0.224. The van der Waals surface area contributed by atoms with Crippen molar-refractivity contribution in [1.82, 2.24) is 9.97 Å². The van der Waals surface area contributed by atoms with E-state index in [9.17, 15) is 9.59 Å². The Labute approximate surface area is 133 Å². The molecule has 0 amide bonds. The number of aryl methyl sites for hydroxylation is 1. The SMILES string of the molecule is Cc1nc(C(=O)c2ccccc2)cc(C(=O)c2ccccc2)n1. The van der Waals surface area contributed by atoms with Gasteiger partial charge in [0.05, 0.1) is 0 Å². The van der Waals surface area contributed by atoms with E-state index in [1.807, 2.05) is 12.1 Å². The first-order valence-electron chi connectivity index (χ1n) is 7.20. The molecule has 23 heavy (non-hydrogen) atoms. The van der Waals surface area contributed by atoms with Crippen molar-refractivity contribution in [3.05, 3.63) is 95.1 Å². The summed E-state index contributed by atoms with van der Waals surface area (Å²) >= 11 is 0. The summed E-state index contributed by atoms with van der Waals surface area (Å²) in [5.41, 5.74) is 1.51. The molecule has 4 nitrogen and oxygen atoms in total. The van der Waals surface area contributed by atoms with Crippen LogP contribution in [0, 0.1) is 6.92 Å². The minimum Gasteiger partial charge on any atom is -0.287 e. The Hall–Kier alpha value is -3.14. The average molecular weight is 302 g/mol. The highest BCUT2D eigenvalue weighted by molar-refractivity contribution is 6.11. The first-order valence-corrected chi connectivity index (χ1v) is 7.20. The maximum Gasteiger partial charge on any atom is 0.211 e. The van der Waals surface area contributed by atoms with E-state index in [2.05, 4.69) is 9.97 Å². The van der Waals surface area contributed by atoms with Crippen LogP contribution in [-0.2, 0) is 0 Å². The van der Waals surface area contributed by atoms with Gasteiger partial charge in [-0.15, -0.1) is 0 Å². The first-order chi connectivity index (χ1) is 11.1. The van der Waals surface area contributed by atoms with Crippen molar-refractivity contribution in [2.45, 2.75) is 6.92 Å². The quantitative estimate of drug-likeness (QED) is 0.694. The van der Waals surface area contributed by atoms with Crippen molar-refractivity contribution < 1.29 is 9.59 Å². The van der Waals surface area contributed by atoms with Gasteiger partial charge in [0.2, 0.25) is 11.6 Å². The lowest BCUT2D eigenvalue weighted by atomic mass is 10.0. The summed E-state index contributed by atoms with van der Waals surface area (Å²) in [4.78, 5) is 33.4. The molecule has 0 spiro atoms. The monoisotopic (exact) mass is 302 g/mol. The Morgan fingerprint density at radius 3 is 1.48 bits per heavy atom. The number of carbonyl (C=O) groups excluding carboxylic acids is 2. The van der Waals surface area contributed by atoms with Crippen LogP contribution in [0.2, 0.25) is 0 Å². The van der Waals surface area contributed by atoms with E-state index in [0.29, 0.717) is 17.0 Å². The second-order valence-electron chi connectivity index (χ2n) is 5.08. The van der Waals surface area contributed by atoms with E-state index < -0.39 is 0 Å². The van der Waals surface area contributed by atoms with Crippen molar-refractivity contribution in [2.24, 2.45) is 0 Å². The lowest BCUT2D eigenvalue weighted by Gasteiger charge is -2.05. The van der Waals surface area contributed by atoms with Gasteiger partial charge >= 0.3 is 0 Å². The number of aromatic nitrogens is 2. The van der Waals surface area contributed by atoms with Crippen molar-refractivity contribution >= 4 is 11.6 Å². The predicted molar refractivity (Wildman–Crippen MR) is 86.5 cm³/mol. The third kappa shape index (κ3) is 3.21. The smallest absolute Gasteiger partial charge is 0.211 e. The van der Waals surface area contributed by atoms with Gasteiger partial charge < -0.3 is 0 Å². The van der Waals surface area contributed by atoms with Crippen molar-refractivity contribution in [3.63, 3.8) is 0 Å². The zero-order valence-corrected chi connectivity index (χ0v) is 12.6.